The zero-order chi connectivity index (χ0) is 11.9. The third kappa shape index (κ3) is 1.30. The third-order valence-corrected chi connectivity index (χ3v) is 1.95. The highest BCUT2D eigenvalue weighted by molar-refractivity contribution is 6.04. The van der Waals surface area contributed by atoms with Gasteiger partial charge in [0, 0.05) is 6.07 Å². The average Bonchev–Trinajstić information content (AvgIpc) is 2.59. The van der Waals surface area contributed by atoms with Crippen LogP contribution in [0.2, 0.25) is 0 Å². The van der Waals surface area contributed by atoms with Crippen molar-refractivity contribution in [3.05, 3.63) is 37.9 Å². The van der Waals surface area contributed by atoms with Gasteiger partial charge in [-0.3, -0.25) is 25.0 Å². The van der Waals surface area contributed by atoms with Crippen LogP contribution in [0.1, 0.15) is 10.4 Å². The summed E-state index contributed by atoms with van der Waals surface area (Å²) in [5.74, 6) is -0.818. The summed E-state index contributed by atoms with van der Waals surface area (Å²) in [6, 6.07) is 1.67. The first kappa shape index (κ1) is 9.83. The van der Waals surface area contributed by atoms with Crippen molar-refractivity contribution >= 4 is 23.0 Å². The number of nitrogens with zero attached hydrogens (tertiary/aromatic N) is 4. The van der Waals surface area contributed by atoms with Gasteiger partial charge in [-0.15, -0.1) is 10.2 Å². The summed E-state index contributed by atoms with van der Waals surface area (Å²) in [6.45, 7) is 0. The second-order valence-corrected chi connectivity index (χ2v) is 2.88. The molecule has 0 saturated carbocycles. The molecule has 80 valence electrons. The topological polar surface area (TPSA) is 128 Å². The minimum Gasteiger partial charge on any atom is -0.265 e. The number of azo groups is 1. The number of nitro benzene ring substituents is 2. The van der Waals surface area contributed by atoms with Crippen LogP contribution < -0.4 is 0 Å². The zero-order valence-corrected chi connectivity index (χ0v) is 7.48. The highest BCUT2D eigenvalue weighted by Crippen LogP contribution is 2.39. The Balaban J connectivity index is 2.74. The number of carbonyl (C=O) groups is 1. The van der Waals surface area contributed by atoms with E-state index in [1.807, 2.05) is 0 Å². The molecule has 9 nitrogen and oxygen atoms in total. The number of fused-ring (bicyclic) bond motifs is 1. The van der Waals surface area contributed by atoms with Crippen LogP contribution in [0.15, 0.2) is 22.4 Å². The molecule has 0 radical (unpaired) electrons. The number of hydrogen-bond acceptors (Lipinski definition) is 6. The minimum atomic E-state index is -0.844. The van der Waals surface area contributed by atoms with E-state index in [1.54, 1.807) is 0 Å². The quantitative estimate of drug-likeness (QED) is 0.555. The summed E-state index contributed by atoms with van der Waals surface area (Å²) in [4.78, 5) is 30.6. The molecule has 0 fully saturated rings. The first-order chi connectivity index (χ1) is 7.50. The highest BCUT2D eigenvalue weighted by atomic mass is 16.6. The summed E-state index contributed by atoms with van der Waals surface area (Å²) in [5, 5.41) is 27.5. The number of carbonyl (C=O) groups excluding carboxylic acids is 1. The molecule has 1 aliphatic rings. The van der Waals surface area contributed by atoms with E-state index < -0.39 is 27.1 Å². The molecule has 1 heterocycles. The second kappa shape index (κ2) is 3.15. The lowest BCUT2D eigenvalue weighted by molar-refractivity contribution is -0.393. The van der Waals surface area contributed by atoms with Crippen molar-refractivity contribution in [2.75, 3.05) is 0 Å². The Morgan fingerprint density at radius 3 is 2.31 bits per heavy atom. The Labute approximate surface area is 86.7 Å². The molecule has 0 aromatic heterocycles. The van der Waals surface area contributed by atoms with Crippen molar-refractivity contribution in [1.29, 1.82) is 0 Å². The van der Waals surface area contributed by atoms with E-state index >= 15 is 0 Å². The molecule has 1 aromatic rings. The van der Waals surface area contributed by atoms with Crippen molar-refractivity contribution in [1.82, 2.24) is 0 Å². The molecule has 0 saturated heterocycles. The molecule has 1 amide bonds. The van der Waals surface area contributed by atoms with Gasteiger partial charge in [-0.1, -0.05) is 0 Å². The molecule has 1 aliphatic heterocycles. The summed E-state index contributed by atoms with van der Waals surface area (Å²) in [6.07, 6.45) is 0. The van der Waals surface area contributed by atoms with Gasteiger partial charge in [-0.2, -0.15) is 0 Å². The molecule has 0 spiro atoms. The molecule has 0 atom stereocenters. The molecule has 0 unspecified atom stereocenters. The summed E-state index contributed by atoms with van der Waals surface area (Å²) in [7, 11) is 0. The van der Waals surface area contributed by atoms with Gasteiger partial charge in [0.1, 0.15) is 0 Å². The van der Waals surface area contributed by atoms with E-state index in [1.165, 1.54) is 0 Å². The maximum Gasteiger partial charge on any atom is 0.304 e. The normalized spacial score (nSPS) is 12.6. The molecular formula is C7H2N4O5. The van der Waals surface area contributed by atoms with Gasteiger partial charge in [-0.25, -0.2) is 0 Å². The average molecular weight is 222 g/mol. The first-order valence-electron chi connectivity index (χ1n) is 3.93. The Morgan fingerprint density at radius 1 is 1.06 bits per heavy atom. The van der Waals surface area contributed by atoms with E-state index in [0.717, 1.165) is 12.1 Å². The Morgan fingerprint density at radius 2 is 1.75 bits per heavy atom. The van der Waals surface area contributed by atoms with E-state index in [9.17, 15) is 25.0 Å². The molecular weight excluding hydrogens is 220 g/mol. The standard InChI is InChI=1S/C7H2N4O5/c12-7-4-1-3(10(13)14)2-5(11(15)16)6(4)8-9-7/h1-2H. The molecule has 0 aliphatic carbocycles. The van der Waals surface area contributed by atoms with Crippen molar-refractivity contribution in [3.63, 3.8) is 0 Å². The van der Waals surface area contributed by atoms with Crippen molar-refractivity contribution in [2.24, 2.45) is 10.2 Å². The fourth-order valence-electron chi connectivity index (χ4n) is 1.27. The number of non-ortho nitro benzene ring substituents is 1. The molecule has 2 rings (SSSR count). The lowest BCUT2D eigenvalue weighted by atomic mass is 10.1. The van der Waals surface area contributed by atoms with Crippen LogP contribution in [0.4, 0.5) is 17.1 Å². The lowest BCUT2D eigenvalue weighted by Crippen LogP contribution is -1.97. The first-order valence-corrected chi connectivity index (χ1v) is 3.93. The number of hydrogen-bond donors (Lipinski definition) is 0. The molecule has 16 heavy (non-hydrogen) atoms. The van der Waals surface area contributed by atoms with Gasteiger partial charge in [0.25, 0.3) is 11.6 Å². The largest absolute Gasteiger partial charge is 0.304 e. The fourth-order valence-corrected chi connectivity index (χ4v) is 1.27. The van der Waals surface area contributed by atoms with Gasteiger partial charge in [0.15, 0.2) is 5.69 Å². The van der Waals surface area contributed by atoms with Crippen LogP contribution in [-0.4, -0.2) is 15.8 Å². The van der Waals surface area contributed by atoms with E-state index in [2.05, 4.69) is 10.2 Å². The molecule has 0 N–H and O–H groups in total. The maximum atomic E-state index is 11.1. The van der Waals surface area contributed by atoms with Crippen LogP contribution in [0.3, 0.4) is 0 Å². The van der Waals surface area contributed by atoms with Crippen LogP contribution >= 0.6 is 0 Å². The fraction of sp³-hybridized carbons (Fsp3) is 0. The summed E-state index contributed by atoms with van der Waals surface area (Å²) < 4.78 is 0. The predicted molar refractivity (Wildman–Crippen MR) is 48.6 cm³/mol. The van der Waals surface area contributed by atoms with Crippen LogP contribution in [0.5, 0.6) is 0 Å². The smallest absolute Gasteiger partial charge is 0.265 e. The van der Waals surface area contributed by atoms with Gasteiger partial charge >= 0.3 is 5.69 Å². The Bertz CT molecular complexity index is 564. The number of benzene rings is 1. The van der Waals surface area contributed by atoms with Gasteiger partial charge in [0.2, 0.25) is 0 Å². The molecule has 9 heteroatoms. The Hall–Kier alpha value is -2.71. The van der Waals surface area contributed by atoms with Gasteiger partial charge in [-0.05, 0) is 0 Å². The second-order valence-electron chi connectivity index (χ2n) is 2.88. The zero-order valence-electron chi connectivity index (χ0n) is 7.48. The van der Waals surface area contributed by atoms with E-state index in [0.29, 0.717) is 0 Å². The summed E-state index contributed by atoms with van der Waals surface area (Å²) in [5.41, 5.74) is -1.59. The van der Waals surface area contributed by atoms with Crippen molar-refractivity contribution < 1.29 is 14.6 Å². The van der Waals surface area contributed by atoms with E-state index in [-0.39, 0.29) is 11.3 Å². The van der Waals surface area contributed by atoms with Crippen LogP contribution in [-0.2, 0) is 0 Å². The van der Waals surface area contributed by atoms with E-state index in [4.69, 9.17) is 0 Å². The van der Waals surface area contributed by atoms with Crippen molar-refractivity contribution in [2.45, 2.75) is 0 Å². The Kier molecular flexibility index (Phi) is 1.94. The molecule has 1 aromatic carbocycles. The van der Waals surface area contributed by atoms with Crippen LogP contribution in [0.25, 0.3) is 0 Å². The number of amides is 1. The van der Waals surface area contributed by atoms with Gasteiger partial charge in [0.05, 0.1) is 21.5 Å². The van der Waals surface area contributed by atoms with Gasteiger partial charge < -0.3 is 0 Å². The minimum absolute atomic E-state index is 0.221. The monoisotopic (exact) mass is 222 g/mol. The van der Waals surface area contributed by atoms with Crippen LogP contribution in [0, 0.1) is 20.2 Å². The third-order valence-electron chi connectivity index (χ3n) is 1.95. The number of nitro groups is 2. The highest BCUT2D eigenvalue weighted by Gasteiger charge is 2.30. The van der Waals surface area contributed by atoms with Crippen molar-refractivity contribution in [3.8, 4) is 0 Å². The maximum absolute atomic E-state index is 11.1. The molecule has 0 bridgehead atoms. The number of rotatable bonds is 2. The predicted octanol–water partition coefficient (Wildman–Crippen LogP) is 1.74. The lowest BCUT2D eigenvalue weighted by Gasteiger charge is -1.96. The SMILES string of the molecule is O=C1N=Nc2c1cc([N+](=O)[O-])cc2[N+](=O)[O-]. The summed E-state index contributed by atoms with van der Waals surface area (Å²) >= 11 is 0.